The van der Waals surface area contributed by atoms with Crippen LogP contribution in [0.25, 0.3) is 0 Å². The molecule has 0 aliphatic carbocycles. The van der Waals surface area contributed by atoms with Gasteiger partial charge in [0.05, 0.1) is 5.75 Å². The van der Waals surface area contributed by atoms with Gasteiger partial charge in [0.1, 0.15) is 12.4 Å². The Bertz CT molecular complexity index is 189. The lowest BCUT2D eigenvalue weighted by molar-refractivity contribution is -0.117. The number of aliphatic imine (C=N–C) groups is 1. The molecule has 0 bridgehead atoms. The van der Waals surface area contributed by atoms with Gasteiger partial charge in [-0.15, -0.1) is 0 Å². The molecule has 0 aromatic rings. The summed E-state index contributed by atoms with van der Waals surface area (Å²) in [5.41, 5.74) is 0. The second kappa shape index (κ2) is 3.76. The highest BCUT2D eigenvalue weighted by Gasteiger charge is 2.12. The number of nitrogens with one attached hydrogen (secondary N) is 1. The van der Waals surface area contributed by atoms with Gasteiger partial charge in [-0.2, -0.15) is 11.8 Å². The summed E-state index contributed by atoms with van der Waals surface area (Å²) < 4.78 is 0. The van der Waals surface area contributed by atoms with Crippen molar-refractivity contribution in [2.24, 2.45) is 4.99 Å². The van der Waals surface area contributed by atoms with Crippen molar-refractivity contribution in [2.75, 3.05) is 12.3 Å². The Kier molecular flexibility index (Phi) is 2.93. The fourth-order valence-electron chi connectivity index (χ4n) is 0.735. The number of thioether (sulfide) groups is 1. The quantitative estimate of drug-likeness (QED) is 0.679. The van der Waals surface area contributed by atoms with E-state index in [9.17, 15) is 4.79 Å². The fraction of sp³-hybridized carbons (Fsp3) is 0.714. The molecule has 1 aliphatic rings. The third-order valence-corrected chi connectivity index (χ3v) is 2.36. The van der Waals surface area contributed by atoms with E-state index < -0.39 is 0 Å². The zero-order valence-corrected chi connectivity index (χ0v) is 7.57. The van der Waals surface area contributed by atoms with Crippen LogP contribution in [-0.2, 0) is 4.79 Å². The summed E-state index contributed by atoms with van der Waals surface area (Å²) in [5.74, 6) is 1.67. The molecule has 0 aromatic heterocycles. The first-order chi connectivity index (χ1) is 5.18. The number of carbonyl (C=O) groups is 1. The second-order valence-corrected chi connectivity index (χ2v) is 4.24. The van der Waals surface area contributed by atoms with Crippen molar-refractivity contribution in [1.82, 2.24) is 5.32 Å². The maximum absolute atomic E-state index is 10.7. The van der Waals surface area contributed by atoms with Gasteiger partial charge < -0.3 is 5.32 Å². The number of nitrogens with zero attached hydrogens (tertiary/aromatic N) is 1. The number of rotatable bonds is 3. The normalized spacial score (nSPS) is 17.0. The van der Waals surface area contributed by atoms with Gasteiger partial charge in [0, 0.05) is 0 Å². The first-order valence-corrected chi connectivity index (χ1v) is 4.68. The van der Waals surface area contributed by atoms with E-state index in [1.807, 2.05) is 0 Å². The number of carbonyl (C=O) groups excluding carboxylic acids is 1. The minimum Gasteiger partial charge on any atom is -0.312 e. The molecule has 1 heterocycles. The molecule has 1 aliphatic heterocycles. The van der Waals surface area contributed by atoms with Crippen molar-refractivity contribution in [3.05, 3.63) is 0 Å². The lowest BCUT2D eigenvalue weighted by Crippen LogP contribution is -2.26. The van der Waals surface area contributed by atoms with Gasteiger partial charge in [-0.05, 0) is 5.25 Å². The van der Waals surface area contributed by atoms with Gasteiger partial charge in [0.2, 0.25) is 5.91 Å². The highest BCUT2D eigenvalue weighted by Crippen LogP contribution is 2.09. The standard InChI is InChI=1S/C7H12N2OS/c1-5(2)11-4-6-8-3-7(10)9-6/h5H,3-4H2,1-2H3,(H,8,9,10). The summed E-state index contributed by atoms with van der Waals surface area (Å²) in [6.07, 6.45) is 0. The Labute approximate surface area is 70.7 Å². The minimum atomic E-state index is 0.0179. The Balaban J connectivity index is 2.23. The Hall–Kier alpha value is -0.510. The molecule has 3 nitrogen and oxygen atoms in total. The summed E-state index contributed by atoms with van der Waals surface area (Å²) in [6, 6.07) is 0. The van der Waals surface area contributed by atoms with Crippen LogP contribution in [0.15, 0.2) is 4.99 Å². The number of hydrogen-bond donors (Lipinski definition) is 1. The van der Waals surface area contributed by atoms with Crippen LogP contribution in [0.5, 0.6) is 0 Å². The molecule has 0 aromatic carbocycles. The number of hydrogen-bond acceptors (Lipinski definition) is 3. The predicted molar refractivity (Wildman–Crippen MR) is 48.0 cm³/mol. The molecule has 0 atom stereocenters. The second-order valence-electron chi connectivity index (χ2n) is 2.67. The zero-order chi connectivity index (χ0) is 8.27. The molecule has 0 fully saturated rings. The van der Waals surface area contributed by atoms with Crippen LogP contribution in [0.4, 0.5) is 0 Å². The largest absolute Gasteiger partial charge is 0.312 e. The van der Waals surface area contributed by atoms with Gasteiger partial charge in [-0.1, -0.05) is 13.8 Å². The lowest BCUT2D eigenvalue weighted by atomic mass is 10.6. The highest BCUT2D eigenvalue weighted by atomic mass is 32.2. The van der Waals surface area contributed by atoms with Gasteiger partial charge in [0.15, 0.2) is 0 Å². The van der Waals surface area contributed by atoms with E-state index in [1.165, 1.54) is 0 Å². The van der Waals surface area contributed by atoms with Gasteiger partial charge in [0.25, 0.3) is 0 Å². The first-order valence-electron chi connectivity index (χ1n) is 3.63. The molecular formula is C7H12N2OS. The molecule has 4 heteroatoms. The smallest absolute Gasteiger partial charge is 0.247 e. The summed E-state index contributed by atoms with van der Waals surface area (Å²) in [7, 11) is 0. The molecule has 0 unspecified atom stereocenters. The predicted octanol–water partition coefficient (Wildman–Crippen LogP) is 0.656. The molecule has 0 saturated carbocycles. The van der Waals surface area contributed by atoms with E-state index in [0.717, 1.165) is 11.6 Å². The van der Waals surface area contributed by atoms with E-state index in [4.69, 9.17) is 0 Å². The molecule has 1 N–H and O–H groups in total. The van der Waals surface area contributed by atoms with Crippen molar-refractivity contribution in [3.63, 3.8) is 0 Å². The van der Waals surface area contributed by atoms with Gasteiger partial charge in [-0.3, -0.25) is 9.79 Å². The van der Waals surface area contributed by atoms with Crippen molar-refractivity contribution in [2.45, 2.75) is 19.1 Å². The fourth-order valence-corrected chi connectivity index (χ4v) is 1.39. The summed E-state index contributed by atoms with van der Waals surface area (Å²) in [4.78, 5) is 14.7. The molecule has 0 spiro atoms. The third kappa shape index (κ3) is 2.93. The number of amides is 1. The van der Waals surface area contributed by atoms with Crippen molar-refractivity contribution in [3.8, 4) is 0 Å². The molecule has 1 rings (SSSR count). The molecule has 0 radical (unpaired) electrons. The van der Waals surface area contributed by atoms with Crippen LogP contribution in [0.1, 0.15) is 13.8 Å². The zero-order valence-electron chi connectivity index (χ0n) is 6.76. The summed E-state index contributed by atoms with van der Waals surface area (Å²) in [5, 5.41) is 3.29. The van der Waals surface area contributed by atoms with Gasteiger partial charge in [-0.25, -0.2) is 0 Å². The Morgan fingerprint density at radius 3 is 2.91 bits per heavy atom. The molecule has 11 heavy (non-hydrogen) atoms. The van der Waals surface area contributed by atoms with Crippen LogP contribution < -0.4 is 5.32 Å². The van der Waals surface area contributed by atoms with E-state index >= 15 is 0 Å². The maximum atomic E-state index is 10.7. The van der Waals surface area contributed by atoms with E-state index in [2.05, 4.69) is 24.2 Å². The van der Waals surface area contributed by atoms with Crippen molar-refractivity contribution >= 4 is 23.5 Å². The van der Waals surface area contributed by atoms with Crippen LogP contribution in [0.3, 0.4) is 0 Å². The van der Waals surface area contributed by atoms with Gasteiger partial charge >= 0.3 is 0 Å². The van der Waals surface area contributed by atoms with Crippen LogP contribution >= 0.6 is 11.8 Å². The van der Waals surface area contributed by atoms with Crippen molar-refractivity contribution < 1.29 is 4.79 Å². The third-order valence-electron chi connectivity index (χ3n) is 1.25. The summed E-state index contributed by atoms with van der Waals surface area (Å²) >= 11 is 1.79. The molecular weight excluding hydrogens is 160 g/mol. The van der Waals surface area contributed by atoms with E-state index in [1.54, 1.807) is 11.8 Å². The minimum absolute atomic E-state index is 0.0179. The summed E-state index contributed by atoms with van der Waals surface area (Å²) in [6.45, 7) is 4.57. The highest BCUT2D eigenvalue weighted by molar-refractivity contribution is 8.00. The van der Waals surface area contributed by atoms with E-state index in [0.29, 0.717) is 11.8 Å². The Morgan fingerprint density at radius 1 is 1.73 bits per heavy atom. The average molecular weight is 172 g/mol. The van der Waals surface area contributed by atoms with Crippen LogP contribution in [-0.4, -0.2) is 29.3 Å². The topological polar surface area (TPSA) is 41.5 Å². The Morgan fingerprint density at radius 2 is 2.45 bits per heavy atom. The maximum Gasteiger partial charge on any atom is 0.247 e. The first kappa shape index (κ1) is 8.59. The van der Waals surface area contributed by atoms with E-state index in [-0.39, 0.29) is 5.91 Å². The average Bonchev–Trinajstić information content (AvgIpc) is 2.31. The van der Waals surface area contributed by atoms with Crippen LogP contribution in [0, 0.1) is 0 Å². The molecule has 1 amide bonds. The monoisotopic (exact) mass is 172 g/mol. The number of amidine groups is 1. The van der Waals surface area contributed by atoms with Crippen molar-refractivity contribution in [1.29, 1.82) is 0 Å². The SMILES string of the molecule is CC(C)SCC1=NCC(=O)N1. The lowest BCUT2D eigenvalue weighted by Gasteiger charge is -2.03. The molecule has 0 saturated heterocycles. The van der Waals surface area contributed by atoms with Crippen LogP contribution in [0.2, 0.25) is 0 Å². The molecule has 62 valence electrons.